The molecule has 12 heteroatoms. The van der Waals surface area contributed by atoms with E-state index in [4.69, 9.17) is 25.1 Å². The van der Waals surface area contributed by atoms with Gasteiger partial charge in [-0.25, -0.2) is 9.37 Å². The van der Waals surface area contributed by atoms with E-state index in [2.05, 4.69) is 10.3 Å². The Bertz CT molecular complexity index is 1480. The zero-order valence-electron chi connectivity index (χ0n) is 23.1. The predicted molar refractivity (Wildman–Crippen MR) is 145 cm³/mol. The quantitative estimate of drug-likeness (QED) is 0.296. The Kier molecular flexibility index (Phi) is 7.80. The minimum atomic E-state index is -4.84. The van der Waals surface area contributed by atoms with Crippen molar-refractivity contribution in [3.63, 3.8) is 0 Å². The summed E-state index contributed by atoms with van der Waals surface area (Å²) in [6.07, 6.45) is -3.04. The van der Waals surface area contributed by atoms with Crippen molar-refractivity contribution in [2.75, 3.05) is 26.4 Å². The summed E-state index contributed by atoms with van der Waals surface area (Å²) in [5, 5.41) is 11.6. The third-order valence-electron chi connectivity index (χ3n) is 7.39. The highest BCUT2D eigenvalue weighted by molar-refractivity contribution is 5.95. The highest BCUT2D eigenvalue weighted by Gasteiger charge is 2.54. The second-order valence-electron chi connectivity index (χ2n) is 11.0. The van der Waals surface area contributed by atoms with Gasteiger partial charge in [-0.3, -0.25) is 4.79 Å². The maximum Gasteiger partial charge on any atom is 0.401 e. The van der Waals surface area contributed by atoms with E-state index in [0.29, 0.717) is 16.9 Å². The fourth-order valence-corrected chi connectivity index (χ4v) is 4.57. The second kappa shape index (κ2) is 11.1. The molecule has 0 bridgehead atoms. The standard InChI is InChI=1S/C30H31F4N3O5/c1-28(30(32,33)34,15-36-27(39)18-5-10-22(42-20-8-9-20)23(13-18)40-12-11-38)24-14-21-26(41-16-29(21,2)35)25(37-24)17-3-6-19(31)7-4-17/h3-7,10,13-14,20,38H,8-9,11-12,15-16,35H2,1-2H3,(H,36,39). The van der Waals surface area contributed by atoms with Crippen molar-refractivity contribution in [2.24, 2.45) is 5.73 Å². The molecular weight excluding hydrogens is 558 g/mol. The van der Waals surface area contributed by atoms with Gasteiger partial charge in [-0.1, -0.05) is 0 Å². The molecule has 2 atom stereocenters. The number of benzene rings is 2. The zero-order chi connectivity index (χ0) is 30.3. The molecule has 5 rings (SSSR count). The number of fused-ring (bicyclic) bond motifs is 1. The summed E-state index contributed by atoms with van der Waals surface area (Å²) in [4.78, 5) is 17.5. The van der Waals surface area contributed by atoms with Crippen LogP contribution in [-0.4, -0.2) is 54.6 Å². The van der Waals surface area contributed by atoms with Crippen LogP contribution in [0, 0.1) is 5.82 Å². The number of aliphatic hydroxyl groups excluding tert-OH is 1. The Morgan fingerprint density at radius 3 is 2.52 bits per heavy atom. The van der Waals surface area contributed by atoms with Gasteiger partial charge in [-0.15, -0.1) is 0 Å². The van der Waals surface area contributed by atoms with Crippen LogP contribution < -0.4 is 25.3 Å². The molecule has 42 heavy (non-hydrogen) atoms. The molecule has 8 nitrogen and oxygen atoms in total. The van der Waals surface area contributed by atoms with Gasteiger partial charge in [-0.2, -0.15) is 13.2 Å². The van der Waals surface area contributed by atoms with Crippen LogP contribution in [0.4, 0.5) is 17.6 Å². The molecule has 0 radical (unpaired) electrons. The molecular formula is C30H31F4N3O5. The van der Waals surface area contributed by atoms with E-state index in [9.17, 15) is 22.4 Å². The number of rotatable bonds is 10. The summed E-state index contributed by atoms with van der Waals surface area (Å²) in [6, 6.07) is 10.7. The number of ether oxygens (including phenoxy) is 3. The van der Waals surface area contributed by atoms with Gasteiger partial charge in [0.25, 0.3) is 5.91 Å². The van der Waals surface area contributed by atoms with Crippen LogP contribution in [0.5, 0.6) is 17.2 Å². The molecule has 1 saturated carbocycles. The zero-order valence-corrected chi connectivity index (χ0v) is 23.1. The Morgan fingerprint density at radius 2 is 1.88 bits per heavy atom. The number of nitrogens with zero attached hydrogens (tertiary/aromatic N) is 1. The largest absolute Gasteiger partial charge is 0.489 e. The molecule has 2 aromatic carbocycles. The molecule has 0 saturated heterocycles. The van der Waals surface area contributed by atoms with E-state index in [-0.39, 0.29) is 54.4 Å². The highest BCUT2D eigenvalue weighted by Crippen LogP contribution is 2.47. The molecule has 2 heterocycles. The molecule has 1 aromatic heterocycles. The number of amides is 1. The SMILES string of the molecule is CC1(N)COc2c1cc(C(C)(CNC(=O)c1ccc(OC3CC3)c(OCCO)c1)C(F)(F)F)nc2-c1ccc(F)cc1. The number of pyridine rings is 1. The average molecular weight is 590 g/mol. The first-order valence-electron chi connectivity index (χ1n) is 13.5. The van der Waals surface area contributed by atoms with E-state index in [0.717, 1.165) is 19.8 Å². The van der Waals surface area contributed by atoms with Gasteiger partial charge in [0, 0.05) is 23.2 Å². The van der Waals surface area contributed by atoms with Crippen molar-refractivity contribution in [2.45, 2.75) is 49.9 Å². The summed E-state index contributed by atoms with van der Waals surface area (Å²) >= 11 is 0. The number of aromatic nitrogens is 1. The van der Waals surface area contributed by atoms with Gasteiger partial charge < -0.3 is 30.4 Å². The van der Waals surface area contributed by atoms with Crippen molar-refractivity contribution in [3.05, 3.63) is 71.2 Å². The molecule has 3 aromatic rings. The third kappa shape index (κ3) is 5.86. The average Bonchev–Trinajstić information content (AvgIpc) is 3.72. The van der Waals surface area contributed by atoms with Crippen molar-refractivity contribution >= 4 is 5.91 Å². The van der Waals surface area contributed by atoms with Crippen LogP contribution in [0.15, 0.2) is 48.5 Å². The summed E-state index contributed by atoms with van der Waals surface area (Å²) in [5.41, 5.74) is 3.07. The third-order valence-corrected chi connectivity index (χ3v) is 7.39. The van der Waals surface area contributed by atoms with Gasteiger partial charge >= 0.3 is 6.18 Å². The van der Waals surface area contributed by atoms with Crippen molar-refractivity contribution in [1.82, 2.24) is 10.3 Å². The van der Waals surface area contributed by atoms with Crippen LogP contribution in [0.3, 0.4) is 0 Å². The number of carbonyl (C=O) groups is 1. The molecule has 224 valence electrons. The number of hydrogen-bond acceptors (Lipinski definition) is 7. The number of nitrogens with two attached hydrogens (primary N) is 1. The summed E-state index contributed by atoms with van der Waals surface area (Å²) in [5.74, 6) is -0.480. The molecule has 2 unspecified atom stereocenters. The normalized spacial score (nSPS) is 19.4. The fraction of sp³-hybridized carbons (Fsp3) is 0.400. The predicted octanol–water partition coefficient (Wildman–Crippen LogP) is 4.62. The summed E-state index contributed by atoms with van der Waals surface area (Å²) in [7, 11) is 0. The minimum Gasteiger partial charge on any atom is -0.489 e. The van der Waals surface area contributed by atoms with E-state index in [1.54, 1.807) is 6.92 Å². The maximum atomic E-state index is 14.8. The van der Waals surface area contributed by atoms with Crippen LogP contribution in [0.2, 0.25) is 0 Å². The molecule has 0 spiro atoms. The van der Waals surface area contributed by atoms with E-state index in [1.165, 1.54) is 48.5 Å². The van der Waals surface area contributed by atoms with Crippen LogP contribution in [-0.2, 0) is 11.0 Å². The van der Waals surface area contributed by atoms with Crippen molar-refractivity contribution < 1.29 is 41.7 Å². The van der Waals surface area contributed by atoms with E-state index in [1.807, 2.05) is 0 Å². The fourth-order valence-electron chi connectivity index (χ4n) is 4.57. The van der Waals surface area contributed by atoms with Crippen molar-refractivity contribution in [1.29, 1.82) is 0 Å². The molecule has 4 N–H and O–H groups in total. The molecule has 2 aliphatic rings. The minimum absolute atomic E-state index is 0.0161. The van der Waals surface area contributed by atoms with Gasteiger partial charge in [0.1, 0.15) is 30.1 Å². The van der Waals surface area contributed by atoms with Gasteiger partial charge in [0.05, 0.1) is 23.9 Å². The summed E-state index contributed by atoms with van der Waals surface area (Å²) in [6.45, 7) is 1.42. The molecule has 1 aliphatic heterocycles. The lowest BCUT2D eigenvalue weighted by Crippen LogP contribution is -2.49. The smallest absolute Gasteiger partial charge is 0.401 e. The number of halogens is 4. The number of alkyl halides is 3. The number of hydrogen-bond donors (Lipinski definition) is 3. The van der Waals surface area contributed by atoms with Crippen LogP contribution in [0.25, 0.3) is 11.3 Å². The Labute approximate surface area is 239 Å². The monoisotopic (exact) mass is 589 g/mol. The maximum absolute atomic E-state index is 14.8. The van der Waals surface area contributed by atoms with E-state index >= 15 is 0 Å². The van der Waals surface area contributed by atoms with Gasteiger partial charge in [-0.05, 0) is 75.2 Å². The highest BCUT2D eigenvalue weighted by atomic mass is 19.4. The lowest BCUT2D eigenvalue weighted by molar-refractivity contribution is -0.184. The Hall–Kier alpha value is -3.90. The van der Waals surface area contributed by atoms with Crippen molar-refractivity contribution in [3.8, 4) is 28.5 Å². The molecule has 1 amide bonds. The van der Waals surface area contributed by atoms with Crippen LogP contribution >= 0.6 is 0 Å². The lowest BCUT2D eigenvalue weighted by Gasteiger charge is -2.33. The molecule has 1 fully saturated rings. The topological polar surface area (TPSA) is 116 Å². The summed E-state index contributed by atoms with van der Waals surface area (Å²) < 4.78 is 75.0. The number of nitrogens with one attached hydrogen (secondary N) is 1. The Balaban J connectivity index is 1.48. The second-order valence-corrected chi connectivity index (χ2v) is 11.0. The first-order chi connectivity index (χ1) is 19.8. The first-order valence-corrected chi connectivity index (χ1v) is 13.5. The first kappa shape index (κ1) is 29.6. The van der Waals surface area contributed by atoms with Crippen LogP contribution in [0.1, 0.15) is 48.3 Å². The number of carbonyl (C=O) groups excluding carboxylic acids is 1. The number of aliphatic hydroxyl groups is 1. The molecule has 1 aliphatic carbocycles. The lowest BCUT2D eigenvalue weighted by atomic mass is 9.82. The van der Waals surface area contributed by atoms with Gasteiger partial charge in [0.15, 0.2) is 17.2 Å². The van der Waals surface area contributed by atoms with Gasteiger partial charge in [0.2, 0.25) is 0 Å². The Morgan fingerprint density at radius 1 is 1.17 bits per heavy atom. The van der Waals surface area contributed by atoms with E-state index < -0.39 is 35.4 Å².